The van der Waals surface area contributed by atoms with Gasteiger partial charge >= 0.3 is 18.2 Å². The van der Waals surface area contributed by atoms with Crippen LogP contribution in [-0.2, 0) is 4.74 Å². The first-order valence-electron chi connectivity index (χ1n) is 3.47. The lowest BCUT2D eigenvalue weighted by Gasteiger charge is -2.26. The van der Waals surface area contributed by atoms with Crippen molar-refractivity contribution in [3.05, 3.63) is 12.1 Å². The van der Waals surface area contributed by atoms with Crippen LogP contribution < -0.4 is 0 Å². The first-order chi connectivity index (χ1) is 7.33. The molecule has 0 fully saturated rings. The number of halogens is 10. The largest absolute Gasteiger partial charge is 0.473 e. The van der Waals surface area contributed by atoms with E-state index in [1.165, 1.54) is 0 Å². The van der Waals surface area contributed by atoms with E-state index in [-0.39, 0.29) is 0 Å². The number of hydrogen-bond donors (Lipinski definition) is 0. The average molecular weight is 280 g/mol. The number of ether oxygens (including phenoxy) is 1. The first-order valence-corrected chi connectivity index (χ1v) is 3.47. The second kappa shape index (κ2) is 4.61. The van der Waals surface area contributed by atoms with Gasteiger partial charge in [-0.25, -0.2) is 13.2 Å². The lowest BCUT2D eigenvalue weighted by atomic mass is 10.3. The molecule has 0 aliphatic heterocycles. The molecule has 0 N–H and O–H groups in total. The Morgan fingerprint density at radius 2 is 1.35 bits per heavy atom. The summed E-state index contributed by atoms with van der Waals surface area (Å²) >= 11 is 0. The van der Waals surface area contributed by atoms with Crippen LogP contribution in [0.15, 0.2) is 12.1 Å². The monoisotopic (exact) mass is 280 g/mol. The second-order valence-corrected chi connectivity index (χ2v) is 2.51. The third kappa shape index (κ3) is 3.40. The summed E-state index contributed by atoms with van der Waals surface area (Å²) in [6.45, 7) is 0. The van der Waals surface area contributed by atoms with Crippen LogP contribution >= 0.6 is 0 Å². The number of allylic oxidation sites excluding steroid dienone is 1. The van der Waals surface area contributed by atoms with Gasteiger partial charge in [0, 0.05) is 0 Å². The minimum absolute atomic E-state index is 1.20. The van der Waals surface area contributed by atoms with Crippen LogP contribution in [0.5, 0.6) is 0 Å². The SMILES string of the molecule is FC(=COC(F)(F)C(F)(F)C(F)(F)F)C(F)F. The maximum absolute atomic E-state index is 12.2. The summed E-state index contributed by atoms with van der Waals surface area (Å²) in [7, 11) is 0. The van der Waals surface area contributed by atoms with Gasteiger partial charge in [-0.1, -0.05) is 0 Å². The van der Waals surface area contributed by atoms with Gasteiger partial charge in [0.25, 0.3) is 6.43 Å². The summed E-state index contributed by atoms with van der Waals surface area (Å²) in [6, 6.07) is 0. The van der Waals surface area contributed by atoms with Crippen LogP contribution in [0, 0.1) is 0 Å². The second-order valence-electron chi connectivity index (χ2n) is 2.51. The van der Waals surface area contributed by atoms with Crippen LogP contribution in [0.2, 0.25) is 0 Å². The molecule has 0 unspecified atom stereocenters. The van der Waals surface area contributed by atoms with E-state index in [9.17, 15) is 43.9 Å². The molecular formula is C6H2F10O. The Morgan fingerprint density at radius 3 is 1.65 bits per heavy atom. The van der Waals surface area contributed by atoms with Crippen molar-refractivity contribution in [2.45, 2.75) is 24.6 Å². The molecular weight excluding hydrogens is 278 g/mol. The molecule has 0 aromatic rings. The van der Waals surface area contributed by atoms with Crippen LogP contribution in [0.4, 0.5) is 43.9 Å². The highest BCUT2D eigenvalue weighted by Crippen LogP contribution is 2.47. The third-order valence-electron chi connectivity index (χ3n) is 1.25. The Labute approximate surface area is 86.6 Å². The molecule has 0 spiro atoms. The van der Waals surface area contributed by atoms with Gasteiger partial charge < -0.3 is 4.74 Å². The highest BCUT2D eigenvalue weighted by Gasteiger charge is 2.75. The van der Waals surface area contributed by atoms with E-state index in [4.69, 9.17) is 0 Å². The van der Waals surface area contributed by atoms with E-state index in [0.717, 1.165) is 0 Å². The van der Waals surface area contributed by atoms with Crippen LogP contribution in [0.25, 0.3) is 0 Å². The van der Waals surface area contributed by atoms with Gasteiger partial charge in [-0.15, -0.1) is 0 Å². The quantitative estimate of drug-likeness (QED) is 0.561. The molecule has 11 heteroatoms. The molecule has 0 aromatic carbocycles. The number of alkyl halides is 9. The van der Waals surface area contributed by atoms with Crippen LogP contribution in [-0.4, -0.2) is 24.6 Å². The van der Waals surface area contributed by atoms with Crippen LogP contribution in [0.1, 0.15) is 0 Å². The molecule has 102 valence electrons. The van der Waals surface area contributed by atoms with E-state index >= 15 is 0 Å². The smallest absolute Gasteiger partial charge is 0.433 e. The lowest BCUT2D eigenvalue weighted by molar-refractivity contribution is -0.413. The van der Waals surface area contributed by atoms with E-state index in [2.05, 4.69) is 4.74 Å². The maximum Gasteiger partial charge on any atom is 0.473 e. The molecule has 0 bridgehead atoms. The highest BCUT2D eigenvalue weighted by atomic mass is 19.4. The van der Waals surface area contributed by atoms with Crippen molar-refractivity contribution in [2.24, 2.45) is 0 Å². The summed E-state index contributed by atoms with van der Waals surface area (Å²) < 4.78 is 120. The number of hydrogen-bond acceptors (Lipinski definition) is 1. The standard InChI is InChI=1S/C6H2F10O/c7-2(3(8)9)1-17-6(15,16)4(10,11)5(12,13)14/h1,3H. The molecule has 0 atom stereocenters. The summed E-state index contributed by atoms with van der Waals surface area (Å²) in [5, 5.41) is 0. The fourth-order valence-electron chi connectivity index (χ4n) is 0.421. The molecule has 0 aliphatic carbocycles. The maximum atomic E-state index is 12.2. The van der Waals surface area contributed by atoms with Gasteiger partial charge in [0.05, 0.1) is 0 Å². The number of rotatable bonds is 4. The Morgan fingerprint density at radius 1 is 0.941 bits per heavy atom. The van der Waals surface area contributed by atoms with E-state index in [1.54, 1.807) is 0 Å². The minimum atomic E-state index is -6.69. The Hall–Kier alpha value is -1.16. The van der Waals surface area contributed by atoms with E-state index in [1.807, 2.05) is 0 Å². The molecule has 1 nitrogen and oxygen atoms in total. The fourth-order valence-corrected chi connectivity index (χ4v) is 0.421. The average Bonchev–Trinajstić information content (AvgIpc) is 2.11. The van der Waals surface area contributed by atoms with Crippen molar-refractivity contribution in [1.29, 1.82) is 0 Å². The first kappa shape index (κ1) is 15.8. The molecule has 0 radical (unpaired) electrons. The zero-order valence-electron chi connectivity index (χ0n) is 7.34. The highest BCUT2D eigenvalue weighted by molar-refractivity contribution is 4.92. The summed E-state index contributed by atoms with van der Waals surface area (Å²) in [5.41, 5.74) is 0. The van der Waals surface area contributed by atoms with Gasteiger partial charge in [0.15, 0.2) is 0 Å². The Balaban J connectivity index is 4.98. The van der Waals surface area contributed by atoms with Gasteiger partial charge in [0.2, 0.25) is 5.83 Å². The summed E-state index contributed by atoms with van der Waals surface area (Å²) in [5.74, 6) is -9.37. The van der Waals surface area contributed by atoms with Crippen molar-refractivity contribution in [1.82, 2.24) is 0 Å². The van der Waals surface area contributed by atoms with Crippen molar-refractivity contribution in [2.75, 3.05) is 0 Å². The molecule has 0 aliphatic rings. The Kier molecular flexibility index (Phi) is 4.29. The molecule has 0 heterocycles. The van der Waals surface area contributed by atoms with E-state index in [0.29, 0.717) is 0 Å². The fraction of sp³-hybridized carbons (Fsp3) is 0.667. The zero-order chi connectivity index (χ0) is 14.1. The minimum Gasteiger partial charge on any atom is -0.433 e. The predicted octanol–water partition coefficient (Wildman–Crippen LogP) is 3.87. The molecule has 0 aromatic heterocycles. The molecule has 0 saturated heterocycles. The normalized spacial score (nSPS) is 15.4. The summed E-state index contributed by atoms with van der Waals surface area (Å²) in [6.07, 6.45) is -18.1. The van der Waals surface area contributed by atoms with Crippen molar-refractivity contribution in [3.63, 3.8) is 0 Å². The van der Waals surface area contributed by atoms with Gasteiger partial charge in [-0.05, 0) is 0 Å². The molecule has 0 rings (SSSR count). The zero-order valence-corrected chi connectivity index (χ0v) is 7.34. The summed E-state index contributed by atoms with van der Waals surface area (Å²) in [4.78, 5) is 0. The van der Waals surface area contributed by atoms with E-state index < -0.39 is 36.7 Å². The van der Waals surface area contributed by atoms with Gasteiger partial charge in [0.1, 0.15) is 6.26 Å². The van der Waals surface area contributed by atoms with Gasteiger partial charge in [-0.2, -0.15) is 30.7 Å². The van der Waals surface area contributed by atoms with Crippen LogP contribution in [0.3, 0.4) is 0 Å². The predicted molar refractivity (Wildman–Crippen MR) is 32.2 cm³/mol. The van der Waals surface area contributed by atoms with Gasteiger partial charge in [-0.3, -0.25) is 0 Å². The molecule has 0 saturated carbocycles. The van der Waals surface area contributed by atoms with Crippen molar-refractivity contribution in [3.8, 4) is 0 Å². The van der Waals surface area contributed by atoms with Crippen molar-refractivity contribution < 1.29 is 48.6 Å². The topological polar surface area (TPSA) is 9.23 Å². The Bertz CT molecular complexity index is 290. The molecule has 17 heavy (non-hydrogen) atoms. The third-order valence-corrected chi connectivity index (χ3v) is 1.25. The molecule has 0 amide bonds. The lowest BCUT2D eigenvalue weighted by Crippen LogP contribution is -2.52. The van der Waals surface area contributed by atoms with Crippen molar-refractivity contribution >= 4 is 0 Å².